The first-order chi connectivity index (χ1) is 11.0. The lowest BCUT2D eigenvalue weighted by molar-refractivity contribution is 0.0950. The lowest BCUT2D eigenvalue weighted by Gasteiger charge is -2.13. The zero-order chi connectivity index (χ0) is 16.4. The third kappa shape index (κ3) is 4.29. The molecule has 1 amide bonds. The summed E-state index contributed by atoms with van der Waals surface area (Å²) in [6.45, 7) is 0.464. The second-order valence-corrected chi connectivity index (χ2v) is 8.92. The summed E-state index contributed by atoms with van der Waals surface area (Å²) in [5, 5.41) is 2.55. The van der Waals surface area contributed by atoms with Crippen LogP contribution in [0.15, 0.2) is 29.2 Å². The van der Waals surface area contributed by atoms with Gasteiger partial charge in [0.1, 0.15) is 0 Å². The molecule has 1 aromatic rings. The van der Waals surface area contributed by atoms with Gasteiger partial charge in [0.15, 0.2) is 9.84 Å². The number of carbonyl (C=O) groups is 1. The van der Waals surface area contributed by atoms with Crippen LogP contribution in [-0.4, -0.2) is 32.2 Å². The van der Waals surface area contributed by atoms with Gasteiger partial charge in [0.2, 0.25) is 0 Å². The summed E-state index contributed by atoms with van der Waals surface area (Å²) in [7, 11) is -3.26. The molecule has 0 bridgehead atoms. The van der Waals surface area contributed by atoms with E-state index >= 15 is 0 Å². The Bertz CT molecular complexity index is 666. The first-order valence-corrected chi connectivity index (χ1v) is 9.91. The second-order valence-electron chi connectivity index (χ2n) is 6.69. The Hall–Kier alpha value is -1.11. The molecule has 1 aromatic carbocycles. The molecule has 2 saturated carbocycles. The molecule has 7 heteroatoms. The van der Waals surface area contributed by atoms with Gasteiger partial charge in [-0.3, -0.25) is 4.79 Å². The smallest absolute Gasteiger partial charge is 0.251 e. The molecule has 0 spiro atoms. The number of halogens is 1. The molecule has 2 fully saturated rings. The van der Waals surface area contributed by atoms with Crippen molar-refractivity contribution in [2.24, 2.45) is 11.7 Å². The average molecular weight is 373 g/mol. The minimum absolute atomic E-state index is 0. The van der Waals surface area contributed by atoms with E-state index < -0.39 is 9.84 Å². The maximum atomic E-state index is 12.5. The van der Waals surface area contributed by atoms with E-state index in [0.29, 0.717) is 22.9 Å². The summed E-state index contributed by atoms with van der Waals surface area (Å²) in [4.78, 5) is 12.4. The van der Waals surface area contributed by atoms with Crippen LogP contribution in [0, 0.1) is 5.92 Å². The molecule has 0 radical (unpaired) electrons. The molecular weight excluding hydrogens is 348 g/mol. The lowest BCUT2D eigenvalue weighted by Crippen LogP contribution is -2.38. The molecule has 24 heavy (non-hydrogen) atoms. The van der Waals surface area contributed by atoms with Crippen LogP contribution in [0.5, 0.6) is 0 Å². The van der Waals surface area contributed by atoms with Gasteiger partial charge in [0.05, 0.1) is 10.1 Å². The van der Waals surface area contributed by atoms with Crippen LogP contribution in [0.25, 0.3) is 0 Å². The van der Waals surface area contributed by atoms with E-state index in [1.807, 2.05) is 0 Å². The molecule has 5 nitrogen and oxygen atoms in total. The number of benzene rings is 1. The minimum Gasteiger partial charge on any atom is -0.350 e. The molecule has 2 aliphatic carbocycles. The monoisotopic (exact) mass is 372 g/mol. The number of rotatable bonds is 6. The van der Waals surface area contributed by atoms with Crippen molar-refractivity contribution < 1.29 is 13.2 Å². The molecule has 0 aliphatic heterocycles. The van der Waals surface area contributed by atoms with E-state index in [4.69, 9.17) is 5.73 Å². The van der Waals surface area contributed by atoms with Crippen molar-refractivity contribution in [3.63, 3.8) is 0 Å². The summed E-state index contributed by atoms with van der Waals surface area (Å²) in [5.74, 6) is 0.333. The van der Waals surface area contributed by atoms with Gasteiger partial charge in [-0.1, -0.05) is 12.8 Å². The van der Waals surface area contributed by atoms with Gasteiger partial charge < -0.3 is 11.1 Å². The van der Waals surface area contributed by atoms with Crippen molar-refractivity contribution in [3.8, 4) is 0 Å². The summed E-state index contributed by atoms with van der Waals surface area (Å²) >= 11 is 0. The van der Waals surface area contributed by atoms with E-state index in [1.165, 1.54) is 0 Å². The van der Waals surface area contributed by atoms with Crippen molar-refractivity contribution >= 4 is 28.2 Å². The van der Waals surface area contributed by atoms with Gasteiger partial charge in [0.25, 0.3) is 5.91 Å². The number of carbonyl (C=O) groups excluding carboxylic acids is 1. The highest BCUT2D eigenvalue weighted by molar-refractivity contribution is 7.92. The van der Waals surface area contributed by atoms with E-state index in [-0.39, 0.29) is 29.6 Å². The Morgan fingerprint density at radius 1 is 1.12 bits per heavy atom. The van der Waals surface area contributed by atoms with Crippen LogP contribution in [0.4, 0.5) is 0 Å². The second kappa shape index (κ2) is 7.85. The van der Waals surface area contributed by atoms with Crippen molar-refractivity contribution in [2.75, 3.05) is 6.54 Å². The fourth-order valence-electron chi connectivity index (χ4n) is 3.19. The Balaban J connectivity index is 0.00000208. The van der Waals surface area contributed by atoms with Gasteiger partial charge in [-0.05, 0) is 55.9 Å². The summed E-state index contributed by atoms with van der Waals surface area (Å²) in [6, 6.07) is 6.27. The highest BCUT2D eigenvalue weighted by atomic mass is 35.5. The summed E-state index contributed by atoms with van der Waals surface area (Å²) in [6.07, 6.45) is 5.72. The topological polar surface area (TPSA) is 89.3 Å². The predicted molar refractivity (Wildman–Crippen MR) is 96.2 cm³/mol. The number of nitrogens with two attached hydrogens (primary N) is 1. The predicted octanol–water partition coefficient (Wildman–Crippen LogP) is 2.29. The Kier molecular flexibility index (Phi) is 6.28. The van der Waals surface area contributed by atoms with E-state index in [2.05, 4.69) is 5.32 Å². The standard InChI is InChI=1S/C17H24N2O3S.ClH/c18-16(12-5-6-12)11-19-17(20)13-7-9-15(10-8-13)23(21,22)14-3-1-2-4-14;/h7-10,12,14,16H,1-6,11,18H2,(H,19,20);1H. The molecule has 3 N–H and O–H groups in total. The van der Waals surface area contributed by atoms with Crippen LogP contribution in [-0.2, 0) is 9.84 Å². The summed E-state index contributed by atoms with van der Waals surface area (Å²) in [5.41, 5.74) is 6.43. The van der Waals surface area contributed by atoms with Crippen LogP contribution >= 0.6 is 12.4 Å². The quantitative estimate of drug-likeness (QED) is 0.801. The Labute approximate surface area is 149 Å². The number of hydrogen-bond acceptors (Lipinski definition) is 4. The zero-order valence-corrected chi connectivity index (χ0v) is 15.2. The van der Waals surface area contributed by atoms with Gasteiger partial charge in [-0.15, -0.1) is 12.4 Å². The molecule has 0 heterocycles. The molecule has 1 unspecified atom stereocenters. The van der Waals surface area contributed by atoms with Gasteiger partial charge in [0, 0.05) is 18.2 Å². The maximum Gasteiger partial charge on any atom is 0.251 e. The first kappa shape index (κ1) is 19.2. The zero-order valence-electron chi connectivity index (χ0n) is 13.6. The molecule has 0 aromatic heterocycles. The third-order valence-corrected chi connectivity index (χ3v) is 7.19. The van der Waals surface area contributed by atoms with Crippen LogP contribution in [0.1, 0.15) is 48.9 Å². The molecule has 1 atom stereocenters. The number of amides is 1. The number of hydrogen-bond donors (Lipinski definition) is 2. The molecule has 0 saturated heterocycles. The third-order valence-electron chi connectivity index (χ3n) is 4.91. The van der Waals surface area contributed by atoms with Gasteiger partial charge >= 0.3 is 0 Å². The number of sulfone groups is 1. The van der Waals surface area contributed by atoms with E-state index in [9.17, 15) is 13.2 Å². The van der Waals surface area contributed by atoms with Crippen molar-refractivity contribution in [3.05, 3.63) is 29.8 Å². The Morgan fingerprint density at radius 2 is 1.71 bits per heavy atom. The minimum atomic E-state index is -3.26. The van der Waals surface area contributed by atoms with Gasteiger partial charge in [-0.25, -0.2) is 8.42 Å². The molecule has 2 aliphatic rings. The fourth-order valence-corrected chi connectivity index (χ4v) is 5.05. The van der Waals surface area contributed by atoms with Crippen molar-refractivity contribution in [1.82, 2.24) is 5.32 Å². The summed E-state index contributed by atoms with van der Waals surface area (Å²) < 4.78 is 25.0. The van der Waals surface area contributed by atoms with Crippen LogP contribution < -0.4 is 11.1 Å². The van der Waals surface area contributed by atoms with Crippen molar-refractivity contribution in [2.45, 2.75) is 54.7 Å². The van der Waals surface area contributed by atoms with E-state index in [0.717, 1.165) is 38.5 Å². The highest BCUT2D eigenvalue weighted by Crippen LogP contribution is 2.31. The molecule has 3 rings (SSSR count). The van der Waals surface area contributed by atoms with Crippen molar-refractivity contribution in [1.29, 1.82) is 0 Å². The average Bonchev–Trinajstić information content (AvgIpc) is 3.26. The Morgan fingerprint density at radius 3 is 2.25 bits per heavy atom. The fraction of sp³-hybridized carbons (Fsp3) is 0.588. The maximum absolute atomic E-state index is 12.5. The van der Waals surface area contributed by atoms with E-state index in [1.54, 1.807) is 24.3 Å². The largest absolute Gasteiger partial charge is 0.350 e. The van der Waals surface area contributed by atoms with Crippen LogP contribution in [0.2, 0.25) is 0 Å². The SMILES string of the molecule is Cl.NC(CNC(=O)c1ccc(S(=O)(=O)C2CCCC2)cc1)C1CC1. The highest BCUT2D eigenvalue weighted by Gasteiger charge is 2.30. The normalized spacial score (nSPS) is 19.5. The number of nitrogens with one attached hydrogen (secondary N) is 1. The van der Waals surface area contributed by atoms with Crippen LogP contribution in [0.3, 0.4) is 0 Å². The lowest BCUT2D eigenvalue weighted by atomic mass is 10.2. The van der Waals surface area contributed by atoms with Gasteiger partial charge in [-0.2, -0.15) is 0 Å². The molecular formula is C17H25ClN2O3S. The molecule has 134 valence electrons. The first-order valence-electron chi connectivity index (χ1n) is 8.36.